The molecule has 1 aromatic heterocycles. The van der Waals surface area contributed by atoms with Crippen LogP contribution in [-0.2, 0) is 0 Å². The van der Waals surface area contributed by atoms with Crippen molar-refractivity contribution in [3.63, 3.8) is 0 Å². The molecule has 0 bridgehead atoms. The Morgan fingerprint density at radius 3 is 2.15 bits per heavy atom. The van der Waals surface area contributed by atoms with Crippen molar-refractivity contribution < 1.29 is 0 Å². The summed E-state index contributed by atoms with van der Waals surface area (Å²) in [5, 5.41) is 9.44. The molecular weight excluding hydrogens is 254 g/mol. The topological polar surface area (TPSA) is 74.7 Å². The first-order valence-corrected chi connectivity index (χ1v) is 6.14. The van der Waals surface area contributed by atoms with Gasteiger partial charge >= 0.3 is 5.69 Å². The van der Waals surface area contributed by atoms with Crippen LogP contribution in [0.25, 0.3) is 0 Å². The van der Waals surface area contributed by atoms with E-state index in [9.17, 15) is 4.79 Å². The molecule has 0 amide bonds. The highest BCUT2D eigenvalue weighted by molar-refractivity contribution is 5.54. The van der Waals surface area contributed by atoms with Crippen molar-refractivity contribution in [3.05, 3.63) is 71.1 Å². The Bertz CT molecular complexity index is 733. The summed E-state index contributed by atoms with van der Waals surface area (Å²) in [7, 11) is 0. The summed E-state index contributed by atoms with van der Waals surface area (Å²) in [6.07, 6.45) is 0. The Hall–Kier alpha value is -3.02. The zero-order chi connectivity index (χ0) is 13.8. The number of aromatic amines is 1. The van der Waals surface area contributed by atoms with Crippen molar-refractivity contribution in [1.82, 2.24) is 14.9 Å². The van der Waals surface area contributed by atoms with Crippen LogP contribution in [0.5, 0.6) is 0 Å². The van der Waals surface area contributed by atoms with Gasteiger partial charge in [-0.25, -0.2) is 9.89 Å². The van der Waals surface area contributed by atoms with Crippen molar-refractivity contribution in [2.75, 3.05) is 10.7 Å². The lowest BCUT2D eigenvalue weighted by molar-refractivity contribution is 0.907. The van der Waals surface area contributed by atoms with Crippen LogP contribution in [0, 0.1) is 0 Å². The predicted octanol–water partition coefficient (Wildman–Crippen LogP) is 2.19. The van der Waals surface area contributed by atoms with Crippen molar-refractivity contribution in [2.45, 2.75) is 0 Å². The van der Waals surface area contributed by atoms with E-state index in [-0.39, 0.29) is 5.69 Å². The molecule has 20 heavy (non-hydrogen) atoms. The molecule has 0 aliphatic rings. The first kappa shape index (κ1) is 12.0. The minimum atomic E-state index is -0.340. The number of nitrogens with zero attached hydrogens (tertiary/aromatic N) is 2. The van der Waals surface area contributed by atoms with E-state index >= 15 is 0 Å². The van der Waals surface area contributed by atoms with Gasteiger partial charge in [0, 0.05) is 5.69 Å². The molecule has 0 saturated carbocycles. The third-order valence-electron chi connectivity index (χ3n) is 2.72. The van der Waals surface area contributed by atoms with Crippen molar-refractivity contribution in [3.8, 4) is 0 Å². The molecule has 2 aromatic carbocycles. The fraction of sp³-hybridized carbons (Fsp3) is 0. The quantitative estimate of drug-likeness (QED) is 0.677. The second-order valence-electron chi connectivity index (χ2n) is 4.16. The fourth-order valence-corrected chi connectivity index (χ4v) is 1.78. The predicted molar refractivity (Wildman–Crippen MR) is 78.0 cm³/mol. The third kappa shape index (κ3) is 2.54. The maximum atomic E-state index is 11.8. The van der Waals surface area contributed by atoms with Crippen LogP contribution in [0.1, 0.15) is 0 Å². The lowest BCUT2D eigenvalue weighted by Crippen LogP contribution is -2.24. The highest BCUT2D eigenvalue weighted by Gasteiger charge is 2.08. The molecule has 1 heterocycles. The number of anilines is 3. The van der Waals surface area contributed by atoms with E-state index in [4.69, 9.17) is 0 Å². The highest BCUT2D eigenvalue weighted by Crippen LogP contribution is 2.13. The number of benzene rings is 2. The second kappa shape index (κ2) is 5.31. The Balaban J connectivity index is 1.88. The second-order valence-corrected chi connectivity index (χ2v) is 4.16. The molecule has 0 aliphatic heterocycles. The SMILES string of the molecule is O=c1[nH]nc(Nc2ccccc2)n1Nc1ccccc1. The standard InChI is InChI=1S/C14H13N5O/c20-14-17-16-13(15-11-7-3-1-4-8-11)19(14)18-12-9-5-2-6-10-12/h1-10,18H,(H,15,16)(H,17,20). The molecule has 0 spiro atoms. The zero-order valence-electron chi connectivity index (χ0n) is 10.6. The first-order valence-electron chi connectivity index (χ1n) is 6.14. The number of para-hydroxylation sites is 2. The van der Waals surface area contributed by atoms with Crippen LogP contribution in [-0.4, -0.2) is 14.9 Å². The molecule has 0 unspecified atom stereocenters. The number of aromatic nitrogens is 3. The molecule has 100 valence electrons. The summed E-state index contributed by atoms with van der Waals surface area (Å²) in [5.74, 6) is 0.394. The Kier molecular flexibility index (Phi) is 3.20. The molecule has 3 aromatic rings. The summed E-state index contributed by atoms with van der Waals surface area (Å²) in [6, 6.07) is 18.9. The minimum Gasteiger partial charge on any atom is -0.323 e. The number of hydrogen-bond acceptors (Lipinski definition) is 4. The average Bonchev–Trinajstić information content (AvgIpc) is 2.83. The van der Waals surface area contributed by atoms with Crippen LogP contribution in [0.4, 0.5) is 17.3 Å². The lowest BCUT2D eigenvalue weighted by Gasteiger charge is -2.10. The van der Waals surface area contributed by atoms with Gasteiger partial charge < -0.3 is 5.32 Å². The molecule has 0 atom stereocenters. The van der Waals surface area contributed by atoms with Gasteiger partial charge in [0.25, 0.3) is 0 Å². The van der Waals surface area contributed by atoms with Crippen molar-refractivity contribution in [1.29, 1.82) is 0 Å². The van der Waals surface area contributed by atoms with E-state index < -0.39 is 0 Å². The summed E-state index contributed by atoms with van der Waals surface area (Å²) in [4.78, 5) is 11.8. The van der Waals surface area contributed by atoms with E-state index in [2.05, 4.69) is 20.9 Å². The van der Waals surface area contributed by atoms with E-state index in [1.165, 1.54) is 4.68 Å². The third-order valence-corrected chi connectivity index (χ3v) is 2.72. The van der Waals surface area contributed by atoms with Gasteiger partial charge in [-0.1, -0.05) is 36.4 Å². The molecular formula is C14H13N5O. The average molecular weight is 267 g/mol. The Morgan fingerprint density at radius 2 is 1.50 bits per heavy atom. The normalized spacial score (nSPS) is 10.2. The molecule has 0 aliphatic carbocycles. The van der Waals surface area contributed by atoms with E-state index in [1.54, 1.807) is 0 Å². The maximum Gasteiger partial charge on any atom is 0.364 e. The van der Waals surface area contributed by atoms with Crippen LogP contribution < -0.4 is 16.4 Å². The zero-order valence-corrected chi connectivity index (χ0v) is 10.6. The Morgan fingerprint density at radius 1 is 0.900 bits per heavy atom. The molecule has 6 nitrogen and oxygen atoms in total. The van der Waals surface area contributed by atoms with Crippen molar-refractivity contribution >= 4 is 17.3 Å². The Labute approximate surface area is 115 Å². The molecule has 0 saturated heterocycles. The molecule has 0 fully saturated rings. The van der Waals surface area contributed by atoms with Gasteiger partial charge in [0.2, 0.25) is 5.95 Å². The monoisotopic (exact) mass is 267 g/mol. The largest absolute Gasteiger partial charge is 0.364 e. The summed E-state index contributed by atoms with van der Waals surface area (Å²) in [5.41, 5.74) is 4.30. The van der Waals surface area contributed by atoms with Gasteiger partial charge in [-0.15, -0.1) is 5.10 Å². The van der Waals surface area contributed by atoms with Gasteiger partial charge in [-0.05, 0) is 24.3 Å². The van der Waals surface area contributed by atoms with Gasteiger partial charge in [0.15, 0.2) is 0 Å². The van der Waals surface area contributed by atoms with Crippen molar-refractivity contribution in [2.24, 2.45) is 0 Å². The summed E-state index contributed by atoms with van der Waals surface area (Å²) >= 11 is 0. The van der Waals surface area contributed by atoms with Crippen LogP contribution in [0.2, 0.25) is 0 Å². The van der Waals surface area contributed by atoms with E-state index in [0.29, 0.717) is 5.95 Å². The van der Waals surface area contributed by atoms with Crippen LogP contribution in [0.3, 0.4) is 0 Å². The highest BCUT2D eigenvalue weighted by atomic mass is 16.2. The van der Waals surface area contributed by atoms with Crippen LogP contribution >= 0.6 is 0 Å². The fourth-order valence-electron chi connectivity index (χ4n) is 1.78. The first-order chi connectivity index (χ1) is 9.83. The molecule has 3 rings (SSSR count). The number of H-pyrrole nitrogens is 1. The minimum absolute atomic E-state index is 0.340. The molecule has 0 radical (unpaired) electrons. The van der Waals surface area contributed by atoms with Gasteiger partial charge in [-0.2, -0.15) is 4.68 Å². The van der Waals surface area contributed by atoms with E-state index in [0.717, 1.165) is 11.4 Å². The van der Waals surface area contributed by atoms with Crippen LogP contribution in [0.15, 0.2) is 65.5 Å². The summed E-state index contributed by atoms with van der Waals surface area (Å²) < 4.78 is 1.32. The lowest BCUT2D eigenvalue weighted by atomic mass is 10.3. The maximum absolute atomic E-state index is 11.8. The number of rotatable bonds is 4. The van der Waals surface area contributed by atoms with Gasteiger partial charge in [0.05, 0.1) is 5.69 Å². The van der Waals surface area contributed by atoms with E-state index in [1.807, 2.05) is 60.7 Å². The molecule has 3 N–H and O–H groups in total. The van der Waals surface area contributed by atoms with Gasteiger partial charge in [-0.3, -0.25) is 5.43 Å². The smallest absolute Gasteiger partial charge is 0.323 e. The number of nitrogens with one attached hydrogen (secondary N) is 3. The van der Waals surface area contributed by atoms with Gasteiger partial charge in [0.1, 0.15) is 0 Å². The summed E-state index contributed by atoms with van der Waals surface area (Å²) in [6.45, 7) is 0. The number of hydrogen-bond donors (Lipinski definition) is 3. The molecule has 6 heteroatoms.